The molecule has 0 saturated heterocycles. The van der Waals surface area contributed by atoms with Gasteiger partial charge in [0.25, 0.3) is 0 Å². The molecule has 1 nitrogen and oxygen atoms in total. The summed E-state index contributed by atoms with van der Waals surface area (Å²) in [5.41, 5.74) is 2.43. The monoisotopic (exact) mass is 297 g/mol. The standard InChI is InChI=1S/C19H20ClN/c1-3-4-12-21-19-15-10-6-5-9-14(15)18(20)17-13(2)8-7-11-16(17)19/h5-11,21H,3-4,12H2,1-2H3. The number of halogens is 1. The molecule has 2 heteroatoms. The van der Waals surface area contributed by atoms with Crippen molar-refractivity contribution < 1.29 is 0 Å². The number of anilines is 1. The number of hydrogen-bond donors (Lipinski definition) is 1. The summed E-state index contributed by atoms with van der Waals surface area (Å²) in [6.45, 7) is 5.33. The third-order valence-electron chi connectivity index (χ3n) is 4.03. The minimum atomic E-state index is 0.861. The fourth-order valence-corrected chi connectivity index (χ4v) is 3.34. The molecule has 0 saturated carbocycles. The molecule has 0 unspecified atom stereocenters. The minimum Gasteiger partial charge on any atom is -0.384 e. The predicted molar refractivity (Wildman–Crippen MR) is 94.6 cm³/mol. The molecular weight excluding hydrogens is 278 g/mol. The maximum Gasteiger partial charge on any atom is 0.0566 e. The van der Waals surface area contributed by atoms with Gasteiger partial charge >= 0.3 is 0 Å². The molecule has 0 radical (unpaired) electrons. The highest BCUT2D eigenvalue weighted by Gasteiger charge is 2.13. The molecule has 0 aliphatic rings. The van der Waals surface area contributed by atoms with Crippen LogP contribution in [0.2, 0.25) is 5.02 Å². The van der Waals surface area contributed by atoms with Crippen LogP contribution in [0.4, 0.5) is 5.69 Å². The maximum atomic E-state index is 6.69. The van der Waals surface area contributed by atoms with Gasteiger partial charge in [0.15, 0.2) is 0 Å². The second kappa shape index (κ2) is 5.95. The van der Waals surface area contributed by atoms with E-state index in [1.165, 1.54) is 34.9 Å². The number of hydrogen-bond acceptors (Lipinski definition) is 1. The van der Waals surface area contributed by atoms with Gasteiger partial charge in [0.05, 0.1) is 10.7 Å². The molecule has 3 rings (SSSR count). The van der Waals surface area contributed by atoms with Crippen LogP contribution in [0.5, 0.6) is 0 Å². The largest absolute Gasteiger partial charge is 0.384 e. The van der Waals surface area contributed by atoms with Crippen molar-refractivity contribution >= 4 is 38.8 Å². The third-order valence-corrected chi connectivity index (χ3v) is 4.42. The second-order valence-corrected chi connectivity index (χ2v) is 5.89. The Kier molecular flexibility index (Phi) is 4.03. The molecular formula is C19H20ClN. The van der Waals surface area contributed by atoms with Crippen molar-refractivity contribution in [3.8, 4) is 0 Å². The summed E-state index contributed by atoms with van der Waals surface area (Å²) >= 11 is 6.69. The number of rotatable bonds is 4. The van der Waals surface area contributed by atoms with E-state index >= 15 is 0 Å². The van der Waals surface area contributed by atoms with Gasteiger partial charge in [-0.25, -0.2) is 0 Å². The van der Waals surface area contributed by atoms with E-state index in [1.807, 2.05) is 6.07 Å². The molecule has 0 heterocycles. The molecule has 21 heavy (non-hydrogen) atoms. The smallest absolute Gasteiger partial charge is 0.0566 e. The predicted octanol–water partition coefficient (Wildman–Crippen LogP) is 6.17. The highest BCUT2D eigenvalue weighted by molar-refractivity contribution is 6.42. The Balaban J connectivity index is 2.34. The molecule has 0 bridgehead atoms. The number of benzene rings is 3. The van der Waals surface area contributed by atoms with Crippen LogP contribution in [0.3, 0.4) is 0 Å². The van der Waals surface area contributed by atoms with Gasteiger partial charge in [-0.3, -0.25) is 0 Å². The van der Waals surface area contributed by atoms with Crippen molar-refractivity contribution in [2.24, 2.45) is 0 Å². The summed E-state index contributed by atoms with van der Waals surface area (Å²) in [6, 6.07) is 14.8. The lowest BCUT2D eigenvalue weighted by atomic mass is 9.97. The molecule has 0 atom stereocenters. The zero-order chi connectivity index (χ0) is 14.8. The topological polar surface area (TPSA) is 12.0 Å². The molecule has 0 amide bonds. The first kappa shape index (κ1) is 14.2. The quantitative estimate of drug-likeness (QED) is 0.449. The van der Waals surface area contributed by atoms with E-state index in [1.54, 1.807) is 0 Å². The van der Waals surface area contributed by atoms with E-state index in [0.29, 0.717) is 0 Å². The first-order valence-electron chi connectivity index (χ1n) is 7.57. The molecule has 0 aromatic heterocycles. The van der Waals surface area contributed by atoms with Gasteiger partial charge in [-0.2, -0.15) is 0 Å². The third kappa shape index (κ3) is 2.47. The van der Waals surface area contributed by atoms with Crippen LogP contribution in [0.1, 0.15) is 25.3 Å². The number of nitrogens with one attached hydrogen (secondary N) is 1. The van der Waals surface area contributed by atoms with Gasteiger partial charge in [-0.1, -0.05) is 67.4 Å². The fourth-order valence-electron chi connectivity index (χ4n) is 2.92. The zero-order valence-corrected chi connectivity index (χ0v) is 13.3. The van der Waals surface area contributed by atoms with E-state index in [0.717, 1.165) is 22.3 Å². The normalized spacial score (nSPS) is 11.2. The molecule has 1 N–H and O–H groups in total. The molecule has 3 aromatic rings. The number of fused-ring (bicyclic) bond motifs is 2. The molecule has 0 spiro atoms. The van der Waals surface area contributed by atoms with E-state index in [9.17, 15) is 0 Å². The summed E-state index contributed by atoms with van der Waals surface area (Å²) in [5, 5.41) is 9.20. The fraction of sp³-hybridized carbons (Fsp3) is 0.263. The first-order valence-corrected chi connectivity index (χ1v) is 7.95. The first-order chi connectivity index (χ1) is 10.2. The lowest BCUT2D eigenvalue weighted by molar-refractivity contribution is 0.835. The summed E-state index contributed by atoms with van der Waals surface area (Å²) in [5.74, 6) is 0. The Morgan fingerprint density at radius 3 is 2.43 bits per heavy atom. The second-order valence-electron chi connectivity index (χ2n) is 5.51. The maximum absolute atomic E-state index is 6.69. The van der Waals surface area contributed by atoms with Gasteiger partial charge in [0.2, 0.25) is 0 Å². The minimum absolute atomic E-state index is 0.861. The van der Waals surface area contributed by atoms with Crippen LogP contribution < -0.4 is 5.32 Å². The van der Waals surface area contributed by atoms with Gasteiger partial charge in [0, 0.05) is 28.1 Å². The Labute approximate surface area is 130 Å². The Morgan fingerprint density at radius 2 is 1.67 bits per heavy atom. The Bertz CT molecular complexity index is 792. The highest BCUT2D eigenvalue weighted by Crippen LogP contribution is 2.40. The van der Waals surface area contributed by atoms with E-state index < -0.39 is 0 Å². The zero-order valence-electron chi connectivity index (χ0n) is 12.5. The van der Waals surface area contributed by atoms with E-state index in [4.69, 9.17) is 11.6 Å². The van der Waals surface area contributed by atoms with Crippen LogP contribution in [0.25, 0.3) is 21.5 Å². The van der Waals surface area contributed by atoms with Crippen molar-refractivity contribution in [2.75, 3.05) is 11.9 Å². The van der Waals surface area contributed by atoms with Crippen molar-refractivity contribution in [3.63, 3.8) is 0 Å². The van der Waals surface area contributed by atoms with Crippen LogP contribution in [-0.4, -0.2) is 6.54 Å². The van der Waals surface area contributed by atoms with Crippen LogP contribution in [-0.2, 0) is 0 Å². The molecule has 0 aliphatic carbocycles. The van der Waals surface area contributed by atoms with Crippen molar-refractivity contribution in [1.82, 2.24) is 0 Å². The number of aryl methyl sites for hydroxylation is 1. The van der Waals surface area contributed by atoms with Gasteiger partial charge in [0.1, 0.15) is 0 Å². The Morgan fingerprint density at radius 1 is 0.952 bits per heavy atom. The summed E-state index contributed by atoms with van der Waals surface area (Å²) in [7, 11) is 0. The van der Waals surface area contributed by atoms with Gasteiger partial charge < -0.3 is 5.32 Å². The van der Waals surface area contributed by atoms with Gasteiger partial charge in [-0.05, 0) is 18.9 Å². The average molecular weight is 298 g/mol. The summed E-state index contributed by atoms with van der Waals surface area (Å²) in [4.78, 5) is 0. The lowest BCUT2D eigenvalue weighted by Crippen LogP contribution is -2.02. The summed E-state index contributed by atoms with van der Waals surface area (Å²) in [6.07, 6.45) is 2.36. The molecule has 3 aromatic carbocycles. The lowest BCUT2D eigenvalue weighted by Gasteiger charge is -2.16. The molecule has 108 valence electrons. The van der Waals surface area contributed by atoms with Crippen LogP contribution in [0, 0.1) is 6.92 Å². The molecule has 0 fully saturated rings. The number of unbranched alkanes of at least 4 members (excludes halogenated alkanes) is 1. The molecule has 0 aliphatic heterocycles. The Hall–Kier alpha value is -1.73. The van der Waals surface area contributed by atoms with Crippen molar-refractivity contribution in [1.29, 1.82) is 0 Å². The van der Waals surface area contributed by atoms with E-state index in [2.05, 4.69) is 55.6 Å². The highest BCUT2D eigenvalue weighted by atomic mass is 35.5. The van der Waals surface area contributed by atoms with Crippen molar-refractivity contribution in [3.05, 3.63) is 53.1 Å². The van der Waals surface area contributed by atoms with Crippen molar-refractivity contribution in [2.45, 2.75) is 26.7 Å². The van der Waals surface area contributed by atoms with E-state index in [-0.39, 0.29) is 0 Å². The summed E-state index contributed by atoms with van der Waals surface area (Å²) < 4.78 is 0. The average Bonchev–Trinajstić information content (AvgIpc) is 2.50. The SMILES string of the molecule is CCCCNc1c2ccccc2c(Cl)c2c(C)cccc12. The van der Waals surface area contributed by atoms with Crippen LogP contribution >= 0.6 is 11.6 Å². The van der Waals surface area contributed by atoms with Crippen LogP contribution in [0.15, 0.2) is 42.5 Å². The van der Waals surface area contributed by atoms with Gasteiger partial charge in [-0.15, -0.1) is 0 Å².